The van der Waals surface area contributed by atoms with Crippen molar-refractivity contribution in [3.63, 3.8) is 0 Å². The lowest BCUT2D eigenvalue weighted by molar-refractivity contribution is 0.0930. The number of amides is 1. The van der Waals surface area contributed by atoms with Crippen molar-refractivity contribution in [3.05, 3.63) is 65.6 Å². The van der Waals surface area contributed by atoms with Gasteiger partial charge in [0.25, 0.3) is 5.91 Å². The van der Waals surface area contributed by atoms with E-state index in [9.17, 15) is 4.79 Å². The molecule has 1 aliphatic rings. The quantitative estimate of drug-likeness (QED) is 0.729. The van der Waals surface area contributed by atoms with Crippen molar-refractivity contribution >= 4 is 23.3 Å². The number of benzene rings is 1. The lowest BCUT2D eigenvalue weighted by atomic mass is 10.1. The zero-order valence-corrected chi connectivity index (χ0v) is 16.2. The van der Waals surface area contributed by atoms with Crippen LogP contribution in [-0.2, 0) is 6.61 Å². The van der Waals surface area contributed by atoms with Gasteiger partial charge in [0.1, 0.15) is 18.0 Å². The Kier molecular flexibility index (Phi) is 5.34. The molecule has 1 saturated heterocycles. The smallest absolute Gasteiger partial charge is 0.255 e. The van der Waals surface area contributed by atoms with Crippen LogP contribution in [-0.4, -0.2) is 32.8 Å². The van der Waals surface area contributed by atoms with E-state index in [-0.39, 0.29) is 11.9 Å². The van der Waals surface area contributed by atoms with Crippen LogP contribution in [0.3, 0.4) is 0 Å². The third kappa shape index (κ3) is 4.11. The maximum Gasteiger partial charge on any atom is 0.255 e. The highest BCUT2D eigenvalue weighted by Gasteiger charge is 2.19. The van der Waals surface area contributed by atoms with Crippen LogP contribution in [0.5, 0.6) is 5.75 Å². The Hall–Kier alpha value is -2.47. The number of hydrogen-bond donors (Lipinski definition) is 1. The number of rotatable bonds is 5. The Morgan fingerprint density at radius 3 is 2.89 bits per heavy atom. The van der Waals surface area contributed by atoms with Gasteiger partial charge < -0.3 is 14.5 Å². The lowest BCUT2D eigenvalue weighted by Crippen LogP contribution is -2.37. The molecule has 1 aliphatic heterocycles. The number of carbonyl (C=O) groups is 1. The molecule has 2 aromatic heterocycles. The SMILES string of the molecule is Cc1cccn2cc(COc3ccccc3C(=O)NC3CCSCC3)nc12. The van der Waals surface area contributed by atoms with Crippen molar-refractivity contribution in [3.8, 4) is 5.75 Å². The molecule has 5 nitrogen and oxygen atoms in total. The number of thioether (sulfide) groups is 1. The van der Waals surface area contributed by atoms with Crippen LogP contribution in [0.2, 0.25) is 0 Å². The van der Waals surface area contributed by atoms with Crippen LogP contribution < -0.4 is 10.1 Å². The molecule has 0 atom stereocenters. The van der Waals surface area contributed by atoms with Gasteiger partial charge in [-0.3, -0.25) is 4.79 Å². The summed E-state index contributed by atoms with van der Waals surface area (Å²) in [6, 6.07) is 11.7. The van der Waals surface area contributed by atoms with Crippen molar-refractivity contribution in [2.24, 2.45) is 0 Å². The average Bonchev–Trinajstić information content (AvgIpc) is 3.12. The summed E-state index contributed by atoms with van der Waals surface area (Å²) in [6.07, 6.45) is 5.99. The van der Waals surface area contributed by atoms with Crippen molar-refractivity contribution in [1.29, 1.82) is 0 Å². The van der Waals surface area contributed by atoms with E-state index in [4.69, 9.17) is 4.74 Å². The van der Waals surface area contributed by atoms with Crippen LogP contribution in [0.4, 0.5) is 0 Å². The molecule has 140 valence electrons. The minimum absolute atomic E-state index is 0.0617. The van der Waals surface area contributed by atoms with Gasteiger partial charge in [0, 0.05) is 18.4 Å². The van der Waals surface area contributed by atoms with E-state index in [2.05, 4.69) is 10.3 Å². The Labute approximate surface area is 163 Å². The maximum atomic E-state index is 12.7. The summed E-state index contributed by atoms with van der Waals surface area (Å²) in [4.78, 5) is 17.3. The van der Waals surface area contributed by atoms with E-state index in [1.54, 1.807) is 0 Å². The molecule has 4 rings (SSSR count). The first-order valence-corrected chi connectivity index (χ1v) is 10.4. The minimum atomic E-state index is -0.0617. The molecule has 0 unspecified atom stereocenters. The molecule has 3 aromatic rings. The number of imidazole rings is 1. The molecule has 1 aromatic carbocycles. The highest BCUT2D eigenvalue weighted by molar-refractivity contribution is 7.99. The van der Waals surface area contributed by atoms with Crippen LogP contribution in [0.15, 0.2) is 48.8 Å². The maximum absolute atomic E-state index is 12.7. The zero-order chi connectivity index (χ0) is 18.6. The number of hydrogen-bond acceptors (Lipinski definition) is 4. The third-order valence-corrected chi connectivity index (χ3v) is 5.84. The third-order valence-electron chi connectivity index (χ3n) is 4.79. The first-order valence-electron chi connectivity index (χ1n) is 9.24. The Balaban J connectivity index is 1.47. The summed E-state index contributed by atoms with van der Waals surface area (Å²) in [6.45, 7) is 2.36. The van der Waals surface area contributed by atoms with Gasteiger partial charge in [-0.1, -0.05) is 18.2 Å². The fraction of sp³-hybridized carbons (Fsp3) is 0.333. The van der Waals surface area contributed by atoms with E-state index in [1.807, 2.05) is 71.9 Å². The molecule has 1 fully saturated rings. The second kappa shape index (κ2) is 8.05. The van der Waals surface area contributed by atoms with Gasteiger partial charge in [-0.05, 0) is 55.0 Å². The summed E-state index contributed by atoms with van der Waals surface area (Å²) in [7, 11) is 0. The predicted octanol–water partition coefficient (Wildman–Crippen LogP) is 3.85. The average molecular weight is 382 g/mol. The van der Waals surface area contributed by atoms with E-state index >= 15 is 0 Å². The number of ether oxygens (including phenoxy) is 1. The standard InChI is InChI=1S/C21H23N3O2S/c1-15-5-4-10-24-13-17(22-20(15)24)14-26-19-7-3-2-6-18(19)21(25)23-16-8-11-27-12-9-16/h2-7,10,13,16H,8-9,11-12,14H2,1H3,(H,23,25). The molecule has 27 heavy (non-hydrogen) atoms. The van der Waals surface area contributed by atoms with Crippen LogP contribution in [0, 0.1) is 6.92 Å². The predicted molar refractivity (Wildman–Crippen MR) is 109 cm³/mol. The molecule has 6 heteroatoms. The van der Waals surface area contributed by atoms with Gasteiger partial charge in [0.15, 0.2) is 0 Å². The molecule has 0 aliphatic carbocycles. The number of carbonyl (C=O) groups excluding carboxylic acids is 1. The van der Waals surface area contributed by atoms with E-state index < -0.39 is 0 Å². The van der Waals surface area contributed by atoms with Gasteiger partial charge in [0.2, 0.25) is 0 Å². The largest absolute Gasteiger partial charge is 0.486 e. The molecule has 0 saturated carbocycles. The monoisotopic (exact) mass is 381 g/mol. The summed E-state index contributed by atoms with van der Waals surface area (Å²) >= 11 is 1.95. The molecule has 3 heterocycles. The Morgan fingerprint density at radius 2 is 2.07 bits per heavy atom. The van der Waals surface area contributed by atoms with Gasteiger partial charge in [-0.2, -0.15) is 11.8 Å². The summed E-state index contributed by atoms with van der Waals surface area (Å²) in [5.74, 6) is 2.74. The van der Waals surface area contributed by atoms with Gasteiger partial charge in [0.05, 0.1) is 11.3 Å². The number of nitrogens with zero attached hydrogens (tertiary/aromatic N) is 2. The van der Waals surface area contributed by atoms with Crippen molar-refractivity contribution in [2.45, 2.75) is 32.4 Å². The molecule has 1 amide bonds. The van der Waals surface area contributed by atoms with E-state index in [0.29, 0.717) is 17.9 Å². The zero-order valence-electron chi connectivity index (χ0n) is 15.4. The van der Waals surface area contributed by atoms with Gasteiger partial charge in [-0.15, -0.1) is 0 Å². The first-order chi connectivity index (χ1) is 13.2. The summed E-state index contributed by atoms with van der Waals surface area (Å²) in [5, 5.41) is 3.15. The van der Waals surface area contributed by atoms with Crippen molar-refractivity contribution in [1.82, 2.24) is 14.7 Å². The van der Waals surface area contributed by atoms with Gasteiger partial charge >= 0.3 is 0 Å². The van der Waals surface area contributed by atoms with Crippen LogP contribution in [0.1, 0.15) is 34.5 Å². The fourth-order valence-electron chi connectivity index (χ4n) is 3.31. The fourth-order valence-corrected chi connectivity index (χ4v) is 4.42. The van der Waals surface area contributed by atoms with E-state index in [0.717, 1.165) is 41.3 Å². The lowest BCUT2D eigenvalue weighted by Gasteiger charge is -2.23. The van der Waals surface area contributed by atoms with Crippen LogP contribution in [0.25, 0.3) is 5.65 Å². The van der Waals surface area contributed by atoms with Crippen molar-refractivity contribution in [2.75, 3.05) is 11.5 Å². The van der Waals surface area contributed by atoms with Crippen LogP contribution >= 0.6 is 11.8 Å². The first kappa shape index (κ1) is 17.9. The van der Waals surface area contributed by atoms with Gasteiger partial charge in [-0.25, -0.2) is 4.98 Å². The van der Waals surface area contributed by atoms with Crippen molar-refractivity contribution < 1.29 is 9.53 Å². The number of nitrogens with one attached hydrogen (secondary N) is 1. The molecular weight excluding hydrogens is 358 g/mol. The molecular formula is C21H23N3O2S. The number of fused-ring (bicyclic) bond motifs is 1. The minimum Gasteiger partial charge on any atom is -0.486 e. The number of aryl methyl sites for hydroxylation is 1. The second-order valence-electron chi connectivity index (χ2n) is 6.80. The molecule has 0 spiro atoms. The van der Waals surface area contributed by atoms with E-state index in [1.165, 1.54) is 0 Å². The molecule has 0 bridgehead atoms. The number of pyridine rings is 1. The molecule has 0 radical (unpaired) electrons. The summed E-state index contributed by atoms with van der Waals surface area (Å²) < 4.78 is 7.96. The highest BCUT2D eigenvalue weighted by Crippen LogP contribution is 2.22. The topological polar surface area (TPSA) is 55.6 Å². The Morgan fingerprint density at radius 1 is 1.26 bits per heavy atom. The number of aromatic nitrogens is 2. The Bertz CT molecular complexity index is 948. The highest BCUT2D eigenvalue weighted by atomic mass is 32.2. The normalized spacial score (nSPS) is 15.0. The summed E-state index contributed by atoms with van der Waals surface area (Å²) in [5.41, 5.74) is 3.46. The molecule has 1 N–H and O–H groups in total. The number of para-hydroxylation sites is 1. The second-order valence-corrected chi connectivity index (χ2v) is 8.02.